The van der Waals surface area contributed by atoms with Crippen LogP contribution in [0.3, 0.4) is 0 Å². The molecule has 1 fully saturated rings. The van der Waals surface area contributed by atoms with Crippen molar-refractivity contribution in [3.05, 3.63) is 65.7 Å². The zero-order chi connectivity index (χ0) is 18.4. The highest BCUT2D eigenvalue weighted by molar-refractivity contribution is 5.93. The predicted molar refractivity (Wildman–Crippen MR) is 96.0 cm³/mol. The highest BCUT2D eigenvalue weighted by atomic mass is 19.1. The maximum Gasteiger partial charge on any atom is 0.255 e. The first-order chi connectivity index (χ1) is 12.6. The van der Waals surface area contributed by atoms with Gasteiger partial charge in [0.25, 0.3) is 5.91 Å². The molecule has 5 nitrogen and oxygen atoms in total. The molecule has 1 aliphatic heterocycles. The molecule has 0 radical (unpaired) electrons. The Kier molecular flexibility index (Phi) is 5.94. The number of nitrogens with zero attached hydrogens (tertiary/aromatic N) is 2. The van der Waals surface area contributed by atoms with Gasteiger partial charge in [0.05, 0.1) is 5.56 Å². The number of rotatable bonds is 5. The topological polar surface area (TPSA) is 62.3 Å². The van der Waals surface area contributed by atoms with Gasteiger partial charge in [-0.15, -0.1) is 0 Å². The van der Waals surface area contributed by atoms with Crippen LogP contribution in [0.15, 0.2) is 48.8 Å². The molecule has 1 N–H and O–H groups in total. The van der Waals surface area contributed by atoms with Crippen LogP contribution < -0.4 is 5.32 Å². The maximum absolute atomic E-state index is 13.6. The second kappa shape index (κ2) is 8.56. The Balaban J connectivity index is 1.43. The van der Waals surface area contributed by atoms with Gasteiger partial charge >= 0.3 is 0 Å². The normalized spacial score (nSPS) is 14.9. The fourth-order valence-electron chi connectivity index (χ4n) is 3.15. The molecule has 0 atom stereocenters. The molecule has 1 aromatic carbocycles. The number of aromatic nitrogens is 1. The van der Waals surface area contributed by atoms with Crippen LogP contribution in [0.5, 0.6) is 0 Å². The summed E-state index contributed by atoms with van der Waals surface area (Å²) in [7, 11) is 0. The molecule has 2 heterocycles. The quantitative estimate of drug-likeness (QED) is 0.897. The molecule has 2 amide bonds. The average molecular weight is 355 g/mol. The Labute approximate surface area is 152 Å². The van der Waals surface area contributed by atoms with Crippen molar-refractivity contribution in [3.63, 3.8) is 0 Å². The number of carbonyl (C=O) groups excluding carboxylic acids is 2. The number of halogens is 1. The second-order valence-electron chi connectivity index (χ2n) is 6.47. The number of nitrogens with one attached hydrogen (secondary N) is 1. The van der Waals surface area contributed by atoms with Crippen molar-refractivity contribution in [2.75, 3.05) is 13.1 Å². The summed E-state index contributed by atoms with van der Waals surface area (Å²) >= 11 is 0. The number of piperidine rings is 1. The van der Waals surface area contributed by atoms with Crippen LogP contribution in [0.25, 0.3) is 0 Å². The lowest BCUT2D eigenvalue weighted by molar-refractivity contribution is -0.122. The third kappa shape index (κ3) is 4.65. The molecular weight excluding hydrogens is 333 g/mol. The van der Waals surface area contributed by atoms with E-state index in [1.807, 2.05) is 0 Å². The van der Waals surface area contributed by atoms with E-state index in [0.29, 0.717) is 30.6 Å². The summed E-state index contributed by atoms with van der Waals surface area (Å²) < 4.78 is 13.6. The largest absolute Gasteiger partial charge is 0.353 e. The summed E-state index contributed by atoms with van der Waals surface area (Å²) in [5, 5.41) is 3.00. The minimum absolute atomic E-state index is 0.0255. The Bertz CT molecular complexity index is 759. The fourth-order valence-corrected chi connectivity index (χ4v) is 3.15. The number of pyridine rings is 1. The fraction of sp³-hybridized carbons (Fsp3) is 0.350. The van der Waals surface area contributed by atoms with Crippen molar-refractivity contribution in [2.24, 2.45) is 0 Å². The van der Waals surface area contributed by atoms with Gasteiger partial charge in [0, 0.05) is 37.9 Å². The second-order valence-corrected chi connectivity index (χ2v) is 6.47. The molecule has 6 heteroatoms. The summed E-state index contributed by atoms with van der Waals surface area (Å²) in [4.78, 5) is 30.3. The Morgan fingerprint density at radius 3 is 2.62 bits per heavy atom. The van der Waals surface area contributed by atoms with Gasteiger partial charge in [-0.25, -0.2) is 4.39 Å². The summed E-state index contributed by atoms with van der Waals surface area (Å²) in [6.45, 7) is 1.21. The molecule has 0 saturated carbocycles. The molecule has 26 heavy (non-hydrogen) atoms. The first-order valence-electron chi connectivity index (χ1n) is 8.85. The van der Waals surface area contributed by atoms with Crippen molar-refractivity contribution >= 4 is 11.8 Å². The molecule has 0 unspecified atom stereocenters. The van der Waals surface area contributed by atoms with Gasteiger partial charge in [-0.2, -0.15) is 0 Å². The van der Waals surface area contributed by atoms with Crippen LogP contribution >= 0.6 is 0 Å². The number of aryl methyl sites for hydroxylation is 1. The molecule has 2 aromatic rings. The zero-order valence-electron chi connectivity index (χ0n) is 14.5. The number of amides is 2. The van der Waals surface area contributed by atoms with Gasteiger partial charge in [-0.05, 0) is 43.0 Å². The highest BCUT2D eigenvalue weighted by Gasteiger charge is 2.24. The Hall–Kier alpha value is -2.76. The molecular formula is C20H22FN3O2. The number of hydrogen-bond donors (Lipinski definition) is 1. The van der Waals surface area contributed by atoms with Gasteiger partial charge in [0.15, 0.2) is 0 Å². The predicted octanol–water partition coefficient (Wildman–Crippen LogP) is 2.57. The van der Waals surface area contributed by atoms with E-state index in [4.69, 9.17) is 0 Å². The van der Waals surface area contributed by atoms with Crippen LogP contribution in [0.1, 0.15) is 35.2 Å². The minimum Gasteiger partial charge on any atom is -0.353 e. The third-order valence-corrected chi connectivity index (χ3v) is 4.64. The first-order valence-corrected chi connectivity index (χ1v) is 8.85. The molecule has 0 aliphatic carbocycles. The van der Waals surface area contributed by atoms with Crippen molar-refractivity contribution < 1.29 is 14.0 Å². The number of likely N-dealkylation sites (tertiary alicyclic amines) is 1. The molecule has 1 aromatic heterocycles. The molecule has 136 valence electrons. The van der Waals surface area contributed by atoms with Crippen LogP contribution in [0.4, 0.5) is 4.39 Å². The van der Waals surface area contributed by atoms with E-state index >= 15 is 0 Å². The number of hydrogen-bond acceptors (Lipinski definition) is 3. The van der Waals surface area contributed by atoms with Gasteiger partial charge in [-0.1, -0.05) is 18.2 Å². The highest BCUT2D eigenvalue weighted by Crippen LogP contribution is 2.14. The van der Waals surface area contributed by atoms with Gasteiger partial charge < -0.3 is 10.2 Å². The molecule has 1 saturated heterocycles. The summed E-state index contributed by atoms with van der Waals surface area (Å²) in [5.41, 5.74) is 1.14. The van der Waals surface area contributed by atoms with Crippen molar-refractivity contribution in [2.45, 2.75) is 31.7 Å². The average Bonchev–Trinajstić information content (AvgIpc) is 2.68. The molecule has 1 aliphatic rings. The van der Waals surface area contributed by atoms with Crippen molar-refractivity contribution in [1.29, 1.82) is 0 Å². The van der Waals surface area contributed by atoms with Crippen LogP contribution in [-0.4, -0.2) is 40.8 Å². The van der Waals surface area contributed by atoms with E-state index in [9.17, 15) is 14.0 Å². The monoisotopic (exact) mass is 355 g/mol. The Morgan fingerprint density at radius 2 is 1.92 bits per heavy atom. The van der Waals surface area contributed by atoms with Crippen LogP contribution in [0.2, 0.25) is 0 Å². The van der Waals surface area contributed by atoms with Crippen LogP contribution in [-0.2, 0) is 11.2 Å². The van der Waals surface area contributed by atoms with E-state index < -0.39 is 0 Å². The standard InChI is InChI=1S/C20H22FN3O2/c21-18-6-2-1-4-15(18)7-8-19(25)23-17-9-12-24(13-10-17)20(26)16-5-3-11-22-14-16/h1-6,11,14,17H,7-10,12-13H2,(H,23,25). The van der Waals surface area contributed by atoms with Gasteiger partial charge in [0.1, 0.15) is 5.82 Å². The lowest BCUT2D eigenvalue weighted by Crippen LogP contribution is -2.46. The van der Waals surface area contributed by atoms with Gasteiger partial charge in [-0.3, -0.25) is 14.6 Å². The smallest absolute Gasteiger partial charge is 0.255 e. The third-order valence-electron chi connectivity index (χ3n) is 4.64. The molecule has 0 bridgehead atoms. The van der Waals surface area contributed by atoms with E-state index in [0.717, 1.165) is 12.8 Å². The molecule has 3 rings (SSSR count). The van der Waals surface area contributed by atoms with E-state index in [-0.39, 0.29) is 30.1 Å². The number of carbonyl (C=O) groups is 2. The molecule has 0 spiro atoms. The van der Waals surface area contributed by atoms with E-state index in [1.54, 1.807) is 47.6 Å². The Morgan fingerprint density at radius 1 is 1.15 bits per heavy atom. The van der Waals surface area contributed by atoms with Crippen molar-refractivity contribution in [1.82, 2.24) is 15.2 Å². The van der Waals surface area contributed by atoms with E-state index in [1.165, 1.54) is 6.07 Å². The maximum atomic E-state index is 13.6. The summed E-state index contributed by atoms with van der Waals surface area (Å²) in [6, 6.07) is 10.1. The zero-order valence-corrected chi connectivity index (χ0v) is 14.5. The van der Waals surface area contributed by atoms with Gasteiger partial charge in [0.2, 0.25) is 5.91 Å². The summed E-state index contributed by atoms with van der Waals surface area (Å²) in [5.74, 6) is -0.379. The van der Waals surface area contributed by atoms with E-state index in [2.05, 4.69) is 10.3 Å². The number of benzene rings is 1. The SMILES string of the molecule is O=C(CCc1ccccc1F)NC1CCN(C(=O)c2cccnc2)CC1. The van der Waals surface area contributed by atoms with Crippen LogP contribution in [0, 0.1) is 5.82 Å². The first kappa shape index (κ1) is 18.0. The summed E-state index contributed by atoms with van der Waals surface area (Å²) in [6.07, 6.45) is 5.29. The lowest BCUT2D eigenvalue weighted by Gasteiger charge is -2.32. The minimum atomic E-state index is -0.275. The van der Waals surface area contributed by atoms with Crippen molar-refractivity contribution in [3.8, 4) is 0 Å². The lowest BCUT2D eigenvalue weighted by atomic mass is 10.0.